The highest BCUT2D eigenvalue weighted by molar-refractivity contribution is 6.30. The first-order valence-electron chi connectivity index (χ1n) is 5.12. The van der Waals surface area contributed by atoms with Gasteiger partial charge in [0.25, 0.3) is 0 Å². The second-order valence-electron chi connectivity index (χ2n) is 3.76. The predicted octanol–water partition coefficient (Wildman–Crippen LogP) is 3.20. The van der Waals surface area contributed by atoms with Gasteiger partial charge in [-0.15, -0.1) is 0 Å². The lowest BCUT2D eigenvalue weighted by Gasteiger charge is -2.14. The maximum Gasteiger partial charge on any atom is 0.0502 e. The van der Waals surface area contributed by atoms with Gasteiger partial charge in [-0.05, 0) is 31.0 Å². The number of hydrogen-bond donors (Lipinski definition) is 2. The molecule has 0 unspecified atom stereocenters. The fourth-order valence-corrected chi connectivity index (χ4v) is 2.01. The fraction of sp³-hybridized carbons (Fsp3) is 0.455. The standard InChI is InChI=1S/C11H15ClN2/c12-9-4-3-7-11(8-9)14-13-10-5-1-2-6-10/h3-4,7-8,10,13-14H,1-2,5-6H2. The Bertz CT molecular complexity index is 295. The molecule has 1 aromatic rings. The molecule has 1 aromatic carbocycles. The lowest BCUT2D eigenvalue weighted by molar-refractivity contribution is 0.577. The Hall–Kier alpha value is -0.730. The van der Waals surface area contributed by atoms with Crippen LogP contribution in [0.1, 0.15) is 25.7 Å². The van der Waals surface area contributed by atoms with Crippen LogP contribution < -0.4 is 10.9 Å². The van der Waals surface area contributed by atoms with Gasteiger partial charge in [0.1, 0.15) is 0 Å². The van der Waals surface area contributed by atoms with Gasteiger partial charge < -0.3 is 5.43 Å². The van der Waals surface area contributed by atoms with E-state index >= 15 is 0 Å². The molecule has 0 radical (unpaired) electrons. The topological polar surface area (TPSA) is 24.1 Å². The molecule has 0 spiro atoms. The molecule has 0 aromatic heterocycles. The average Bonchev–Trinajstić information content (AvgIpc) is 2.67. The zero-order valence-corrected chi connectivity index (χ0v) is 8.85. The molecule has 2 N–H and O–H groups in total. The van der Waals surface area contributed by atoms with Crippen molar-refractivity contribution in [3.8, 4) is 0 Å². The number of rotatable bonds is 3. The molecule has 2 rings (SSSR count). The van der Waals surface area contributed by atoms with Crippen molar-refractivity contribution in [3.63, 3.8) is 0 Å². The van der Waals surface area contributed by atoms with Gasteiger partial charge in [0.2, 0.25) is 0 Å². The van der Waals surface area contributed by atoms with Crippen molar-refractivity contribution in [2.45, 2.75) is 31.7 Å². The molecule has 0 saturated heterocycles. The Morgan fingerprint density at radius 1 is 1.21 bits per heavy atom. The minimum atomic E-state index is 0.619. The van der Waals surface area contributed by atoms with E-state index < -0.39 is 0 Å². The first-order valence-corrected chi connectivity index (χ1v) is 5.49. The van der Waals surface area contributed by atoms with Crippen LogP contribution in [0, 0.1) is 0 Å². The van der Waals surface area contributed by atoms with Crippen molar-refractivity contribution in [2.75, 3.05) is 5.43 Å². The van der Waals surface area contributed by atoms with E-state index in [1.807, 2.05) is 24.3 Å². The molecule has 1 aliphatic rings. The molecule has 0 aliphatic heterocycles. The van der Waals surface area contributed by atoms with E-state index in [1.165, 1.54) is 25.7 Å². The summed E-state index contributed by atoms with van der Waals surface area (Å²) < 4.78 is 0. The van der Waals surface area contributed by atoms with Gasteiger partial charge in [-0.3, -0.25) is 0 Å². The van der Waals surface area contributed by atoms with Gasteiger partial charge in [-0.1, -0.05) is 30.5 Å². The molecule has 14 heavy (non-hydrogen) atoms. The van der Waals surface area contributed by atoms with Gasteiger partial charge in [-0.2, -0.15) is 0 Å². The summed E-state index contributed by atoms with van der Waals surface area (Å²) in [5.74, 6) is 0. The number of hydrazine groups is 1. The second-order valence-corrected chi connectivity index (χ2v) is 4.20. The SMILES string of the molecule is Clc1cccc(NNC2CCCC2)c1. The lowest BCUT2D eigenvalue weighted by atomic mass is 10.3. The highest BCUT2D eigenvalue weighted by Gasteiger charge is 2.13. The molecule has 1 aliphatic carbocycles. The molecule has 1 saturated carbocycles. The van der Waals surface area contributed by atoms with E-state index in [4.69, 9.17) is 11.6 Å². The Kier molecular flexibility index (Phi) is 3.27. The molecule has 76 valence electrons. The summed E-state index contributed by atoms with van der Waals surface area (Å²) in [6, 6.07) is 8.37. The second kappa shape index (κ2) is 4.67. The van der Waals surface area contributed by atoms with Crippen LogP contribution in [0.5, 0.6) is 0 Å². The lowest BCUT2D eigenvalue weighted by Crippen LogP contribution is -2.31. The third-order valence-corrected chi connectivity index (χ3v) is 2.84. The van der Waals surface area contributed by atoms with E-state index in [0.29, 0.717) is 6.04 Å². The summed E-state index contributed by atoms with van der Waals surface area (Å²) in [7, 11) is 0. The van der Waals surface area contributed by atoms with Crippen molar-refractivity contribution >= 4 is 17.3 Å². The molecule has 0 atom stereocenters. The molecule has 2 nitrogen and oxygen atoms in total. The molecule has 0 amide bonds. The largest absolute Gasteiger partial charge is 0.321 e. The van der Waals surface area contributed by atoms with Crippen LogP contribution in [0.2, 0.25) is 5.02 Å². The fourth-order valence-electron chi connectivity index (χ4n) is 1.82. The van der Waals surface area contributed by atoms with Crippen LogP contribution in [-0.2, 0) is 0 Å². The normalized spacial score (nSPS) is 17.2. The summed E-state index contributed by atoms with van der Waals surface area (Å²) in [4.78, 5) is 0. The van der Waals surface area contributed by atoms with Crippen LogP contribution in [0.4, 0.5) is 5.69 Å². The van der Waals surface area contributed by atoms with Gasteiger partial charge >= 0.3 is 0 Å². The van der Waals surface area contributed by atoms with Gasteiger partial charge in [0.05, 0.1) is 5.69 Å². The smallest absolute Gasteiger partial charge is 0.0502 e. The highest BCUT2D eigenvalue weighted by Crippen LogP contribution is 2.18. The molecule has 0 bridgehead atoms. The minimum Gasteiger partial charge on any atom is -0.321 e. The minimum absolute atomic E-state index is 0.619. The van der Waals surface area contributed by atoms with Crippen LogP contribution in [0.25, 0.3) is 0 Å². The zero-order valence-electron chi connectivity index (χ0n) is 8.09. The van der Waals surface area contributed by atoms with Crippen molar-refractivity contribution in [1.82, 2.24) is 5.43 Å². The number of halogens is 1. The number of nitrogens with one attached hydrogen (secondary N) is 2. The Morgan fingerprint density at radius 3 is 2.71 bits per heavy atom. The van der Waals surface area contributed by atoms with E-state index in [0.717, 1.165) is 10.7 Å². The van der Waals surface area contributed by atoms with Crippen molar-refractivity contribution < 1.29 is 0 Å². The van der Waals surface area contributed by atoms with E-state index in [1.54, 1.807) is 0 Å². The Labute approximate surface area is 89.6 Å². The summed E-state index contributed by atoms with van der Waals surface area (Å²) in [5, 5.41) is 0.767. The first-order chi connectivity index (χ1) is 6.84. The van der Waals surface area contributed by atoms with Crippen LogP contribution in [0.3, 0.4) is 0 Å². The third kappa shape index (κ3) is 2.63. The summed E-state index contributed by atoms with van der Waals surface area (Å²) in [5.41, 5.74) is 7.54. The van der Waals surface area contributed by atoms with Gasteiger partial charge in [0, 0.05) is 11.1 Å². The van der Waals surface area contributed by atoms with Crippen LogP contribution in [0.15, 0.2) is 24.3 Å². The first kappa shape index (κ1) is 9.81. The zero-order chi connectivity index (χ0) is 9.80. The van der Waals surface area contributed by atoms with Crippen molar-refractivity contribution in [1.29, 1.82) is 0 Å². The van der Waals surface area contributed by atoms with Crippen LogP contribution >= 0.6 is 11.6 Å². The summed E-state index contributed by atoms with van der Waals surface area (Å²) in [6.07, 6.45) is 5.23. The van der Waals surface area contributed by atoms with E-state index in [-0.39, 0.29) is 0 Å². The Morgan fingerprint density at radius 2 is 2.00 bits per heavy atom. The third-order valence-electron chi connectivity index (χ3n) is 2.60. The maximum atomic E-state index is 5.87. The number of hydrogen-bond acceptors (Lipinski definition) is 2. The summed E-state index contributed by atoms with van der Waals surface area (Å²) in [6.45, 7) is 0. The maximum absolute atomic E-state index is 5.87. The van der Waals surface area contributed by atoms with E-state index in [9.17, 15) is 0 Å². The van der Waals surface area contributed by atoms with E-state index in [2.05, 4.69) is 10.9 Å². The van der Waals surface area contributed by atoms with Crippen molar-refractivity contribution in [2.24, 2.45) is 0 Å². The number of anilines is 1. The van der Waals surface area contributed by atoms with Gasteiger partial charge in [-0.25, -0.2) is 5.43 Å². The molecule has 1 fully saturated rings. The highest BCUT2D eigenvalue weighted by atomic mass is 35.5. The number of benzene rings is 1. The quantitative estimate of drug-likeness (QED) is 0.749. The Balaban J connectivity index is 1.85. The van der Waals surface area contributed by atoms with Crippen LogP contribution in [-0.4, -0.2) is 6.04 Å². The van der Waals surface area contributed by atoms with Crippen molar-refractivity contribution in [3.05, 3.63) is 29.3 Å². The average molecular weight is 211 g/mol. The molecular weight excluding hydrogens is 196 g/mol. The molecule has 3 heteroatoms. The molecular formula is C11H15ClN2. The monoisotopic (exact) mass is 210 g/mol. The predicted molar refractivity (Wildman–Crippen MR) is 60.5 cm³/mol. The summed E-state index contributed by atoms with van der Waals surface area (Å²) >= 11 is 5.87. The van der Waals surface area contributed by atoms with Gasteiger partial charge in [0.15, 0.2) is 0 Å². The molecule has 0 heterocycles.